The van der Waals surface area contributed by atoms with E-state index in [0.717, 1.165) is 7.88 Å². The van der Waals surface area contributed by atoms with E-state index in [4.69, 9.17) is 9.47 Å². The maximum atomic E-state index is 13.4. The van der Waals surface area contributed by atoms with Gasteiger partial charge in [0.25, 0.3) is 10.0 Å². The van der Waals surface area contributed by atoms with Crippen LogP contribution in [0.2, 0.25) is 0 Å². The second kappa shape index (κ2) is 10.0. The van der Waals surface area contributed by atoms with Crippen LogP contribution < -0.4 is 19.1 Å². The number of benzene rings is 3. The van der Waals surface area contributed by atoms with Crippen LogP contribution in [0.1, 0.15) is 0 Å². The molecule has 0 atom stereocenters. The Bertz CT molecular complexity index is 1150. The summed E-state index contributed by atoms with van der Waals surface area (Å²) < 4.78 is 39.5. The molecule has 0 radical (unpaired) electrons. The van der Waals surface area contributed by atoms with Crippen molar-refractivity contribution in [2.75, 3.05) is 30.4 Å². The molecule has 31 heavy (non-hydrogen) atoms. The number of carbonyl (C=O) groups is 1. The number of carbonyl (C=O) groups excluding carboxylic acids is 1. The number of nitrogens with zero attached hydrogens (tertiary/aromatic N) is 1. The molecule has 0 aromatic heterocycles. The lowest BCUT2D eigenvalue weighted by atomic mass is 10.2. The van der Waals surface area contributed by atoms with Gasteiger partial charge in [-0.3, -0.25) is 9.10 Å². The van der Waals surface area contributed by atoms with Crippen molar-refractivity contribution in [3.63, 3.8) is 0 Å². The molecule has 3 aromatic rings. The van der Waals surface area contributed by atoms with Crippen LogP contribution in [0.4, 0.5) is 11.4 Å². The zero-order valence-electron chi connectivity index (χ0n) is 16.9. The summed E-state index contributed by atoms with van der Waals surface area (Å²) >= 11 is 2.16. The van der Waals surface area contributed by atoms with Crippen LogP contribution in [0.25, 0.3) is 0 Å². The molecule has 162 valence electrons. The van der Waals surface area contributed by atoms with Gasteiger partial charge in [-0.1, -0.05) is 18.2 Å². The first kappa shape index (κ1) is 22.9. The van der Waals surface area contributed by atoms with Crippen molar-refractivity contribution in [2.45, 2.75) is 4.90 Å². The van der Waals surface area contributed by atoms with Gasteiger partial charge in [0.05, 0.1) is 24.8 Å². The molecule has 0 aliphatic heterocycles. The summed E-state index contributed by atoms with van der Waals surface area (Å²) in [5.41, 5.74) is 0.800. The molecule has 1 N–H and O–H groups in total. The number of nitrogens with one attached hydrogen (secondary N) is 1. The van der Waals surface area contributed by atoms with E-state index in [1.807, 2.05) is 12.1 Å². The summed E-state index contributed by atoms with van der Waals surface area (Å²) in [6, 6.07) is 19.9. The van der Waals surface area contributed by atoms with Crippen molar-refractivity contribution >= 4 is 49.9 Å². The van der Waals surface area contributed by atoms with Crippen molar-refractivity contribution in [3.8, 4) is 11.5 Å². The lowest BCUT2D eigenvalue weighted by molar-refractivity contribution is -0.114. The fourth-order valence-corrected chi connectivity index (χ4v) is 4.69. The third kappa shape index (κ3) is 5.47. The molecule has 0 fully saturated rings. The van der Waals surface area contributed by atoms with Gasteiger partial charge in [0, 0.05) is 15.3 Å². The summed E-state index contributed by atoms with van der Waals surface area (Å²) in [6.45, 7) is -0.439. The maximum Gasteiger partial charge on any atom is 0.264 e. The third-order valence-corrected chi connectivity index (χ3v) is 6.90. The zero-order chi connectivity index (χ0) is 22.4. The van der Waals surface area contributed by atoms with Crippen molar-refractivity contribution in [1.82, 2.24) is 0 Å². The molecular weight excluding hydrogens is 531 g/mol. The second-order valence-corrected chi connectivity index (χ2v) is 9.53. The van der Waals surface area contributed by atoms with Gasteiger partial charge in [0.15, 0.2) is 0 Å². The Morgan fingerprint density at radius 2 is 1.65 bits per heavy atom. The van der Waals surface area contributed by atoms with Gasteiger partial charge in [-0.2, -0.15) is 0 Å². The highest BCUT2D eigenvalue weighted by molar-refractivity contribution is 14.1. The highest BCUT2D eigenvalue weighted by atomic mass is 127. The third-order valence-electron chi connectivity index (χ3n) is 4.40. The first-order chi connectivity index (χ1) is 14.8. The average molecular weight is 552 g/mol. The molecule has 0 heterocycles. The summed E-state index contributed by atoms with van der Waals surface area (Å²) in [7, 11) is -1.12. The molecule has 0 spiro atoms. The first-order valence-electron chi connectivity index (χ1n) is 9.20. The van der Waals surface area contributed by atoms with E-state index in [9.17, 15) is 13.2 Å². The van der Waals surface area contributed by atoms with E-state index in [1.165, 1.54) is 26.4 Å². The van der Waals surface area contributed by atoms with Crippen molar-refractivity contribution in [1.29, 1.82) is 0 Å². The number of hydrogen-bond donors (Lipinski definition) is 1. The topological polar surface area (TPSA) is 84.9 Å². The number of halogens is 1. The first-order valence-corrected chi connectivity index (χ1v) is 11.7. The van der Waals surface area contributed by atoms with E-state index >= 15 is 0 Å². The van der Waals surface area contributed by atoms with E-state index in [1.54, 1.807) is 48.5 Å². The largest absolute Gasteiger partial charge is 0.497 e. The SMILES string of the molecule is COc1ccc(N(CC(=O)Nc2ccc(I)cc2)S(=O)(=O)c2ccccc2)c(OC)c1. The molecule has 0 saturated carbocycles. The van der Waals surface area contributed by atoms with Gasteiger partial charge < -0.3 is 14.8 Å². The van der Waals surface area contributed by atoms with E-state index in [2.05, 4.69) is 27.9 Å². The predicted octanol–water partition coefficient (Wildman–Crippen LogP) is 4.14. The minimum absolute atomic E-state index is 0.0648. The van der Waals surface area contributed by atoms with Gasteiger partial charge >= 0.3 is 0 Å². The molecule has 9 heteroatoms. The summed E-state index contributed by atoms with van der Waals surface area (Å²) in [5, 5.41) is 2.74. The molecule has 1 amide bonds. The quantitative estimate of drug-likeness (QED) is 0.425. The standard InChI is InChI=1S/C22H21IN2O5S/c1-29-18-12-13-20(21(14-18)30-2)25(31(27,28)19-6-4-3-5-7-19)15-22(26)24-17-10-8-16(23)9-11-17/h3-14H,15H2,1-2H3,(H,24,26). The minimum Gasteiger partial charge on any atom is -0.497 e. The molecule has 3 rings (SSSR count). The maximum absolute atomic E-state index is 13.4. The Labute approximate surface area is 195 Å². The Kier molecular flexibility index (Phi) is 7.39. The molecule has 0 unspecified atom stereocenters. The minimum atomic E-state index is -4.05. The number of rotatable bonds is 8. The van der Waals surface area contributed by atoms with E-state index < -0.39 is 22.5 Å². The molecule has 0 saturated heterocycles. The molecule has 0 aliphatic carbocycles. The number of amides is 1. The van der Waals surface area contributed by atoms with Gasteiger partial charge in [-0.25, -0.2) is 8.42 Å². The Balaban J connectivity index is 2.00. The summed E-state index contributed by atoms with van der Waals surface area (Å²) in [5.74, 6) is 0.278. The fraction of sp³-hybridized carbons (Fsp3) is 0.136. The normalized spacial score (nSPS) is 10.9. The number of methoxy groups -OCH3 is 2. The van der Waals surface area contributed by atoms with Crippen LogP contribution in [0.15, 0.2) is 77.7 Å². The number of ether oxygens (including phenoxy) is 2. The van der Waals surface area contributed by atoms with Crippen LogP contribution in [-0.4, -0.2) is 35.1 Å². The van der Waals surface area contributed by atoms with Crippen molar-refractivity contribution < 1.29 is 22.7 Å². The van der Waals surface area contributed by atoms with E-state index in [0.29, 0.717) is 11.4 Å². The second-order valence-electron chi connectivity index (χ2n) is 6.42. The van der Waals surface area contributed by atoms with Crippen LogP contribution in [0, 0.1) is 3.57 Å². The molecular formula is C22H21IN2O5S. The highest BCUT2D eigenvalue weighted by Crippen LogP contribution is 2.35. The fourth-order valence-electron chi connectivity index (χ4n) is 2.87. The molecule has 3 aromatic carbocycles. The van der Waals surface area contributed by atoms with E-state index in [-0.39, 0.29) is 16.3 Å². The lowest BCUT2D eigenvalue weighted by Crippen LogP contribution is -2.38. The summed E-state index contributed by atoms with van der Waals surface area (Å²) in [4.78, 5) is 12.9. The van der Waals surface area contributed by atoms with Crippen molar-refractivity contribution in [2.24, 2.45) is 0 Å². The summed E-state index contributed by atoms with van der Waals surface area (Å²) in [6.07, 6.45) is 0. The van der Waals surface area contributed by atoms with Gasteiger partial charge in [0.2, 0.25) is 5.91 Å². The van der Waals surface area contributed by atoms with Crippen molar-refractivity contribution in [3.05, 3.63) is 76.4 Å². The Morgan fingerprint density at radius 1 is 0.968 bits per heavy atom. The molecule has 7 nitrogen and oxygen atoms in total. The number of sulfonamides is 1. The smallest absolute Gasteiger partial charge is 0.264 e. The van der Waals surface area contributed by atoms with Crippen LogP contribution >= 0.6 is 22.6 Å². The monoisotopic (exact) mass is 552 g/mol. The number of hydrogen-bond acceptors (Lipinski definition) is 5. The highest BCUT2D eigenvalue weighted by Gasteiger charge is 2.29. The Hall–Kier alpha value is -2.79. The van der Waals surface area contributed by atoms with Gasteiger partial charge in [0.1, 0.15) is 18.0 Å². The predicted molar refractivity (Wildman–Crippen MR) is 128 cm³/mol. The Morgan fingerprint density at radius 3 is 2.26 bits per heavy atom. The van der Waals surface area contributed by atoms with Gasteiger partial charge in [-0.15, -0.1) is 0 Å². The average Bonchev–Trinajstić information content (AvgIpc) is 2.79. The lowest BCUT2D eigenvalue weighted by Gasteiger charge is -2.26. The van der Waals surface area contributed by atoms with Gasteiger partial charge in [-0.05, 0) is 71.1 Å². The molecule has 0 aliphatic rings. The van der Waals surface area contributed by atoms with Crippen LogP contribution in [-0.2, 0) is 14.8 Å². The van der Waals surface area contributed by atoms with Crippen LogP contribution in [0.5, 0.6) is 11.5 Å². The number of anilines is 2. The zero-order valence-corrected chi connectivity index (χ0v) is 19.9. The molecule has 0 bridgehead atoms. The van der Waals surface area contributed by atoms with Crippen LogP contribution in [0.3, 0.4) is 0 Å².